The summed E-state index contributed by atoms with van der Waals surface area (Å²) in [5.74, 6) is -2.42. The SMILES string of the molecule is CCC(C)[C@H]1O[C@]2(C=C[C@@H]1C)C[C@@H]1C[C@@H](C/C=C(\C)[C@@H](OC3C[C@H](OC)[C@H](OC4CCCCO4)[C@H](C)O3)C(C)/C=C/C=C3\CO[C@@H]4[C@H](O)C(C)=C[C@@H](C(=O)O1)[C@]34O)O2. The quantitative estimate of drug-likeness (QED) is 0.218. The number of allylic oxidation sites excluding steroid dienone is 2. The van der Waals surface area contributed by atoms with Gasteiger partial charge < -0.3 is 52.8 Å². The Morgan fingerprint density at radius 1 is 0.983 bits per heavy atom. The molecule has 7 rings (SSSR count). The van der Waals surface area contributed by atoms with Gasteiger partial charge in [0.2, 0.25) is 0 Å². The van der Waals surface area contributed by atoms with Crippen molar-refractivity contribution in [3.8, 4) is 0 Å². The molecule has 6 heterocycles. The normalized spacial score (nSPS) is 47.8. The summed E-state index contributed by atoms with van der Waals surface area (Å²) >= 11 is 0. The number of carbonyl (C=O) groups excluding carboxylic acids is 1. The van der Waals surface area contributed by atoms with Gasteiger partial charge in [-0.2, -0.15) is 0 Å². The smallest absolute Gasteiger partial charge is 0.316 e. The molecule has 12 heteroatoms. The second-order valence-corrected chi connectivity index (χ2v) is 18.0. The molecule has 4 saturated heterocycles. The van der Waals surface area contributed by atoms with Crippen LogP contribution in [-0.4, -0.2) is 115 Å². The van der Waals surface area contributed by atoms with Gasteiger partial charge in [0.1, 0.15) is 35.9 Å². The van der Waals surface area contributed by atoms with E-state index in [0.29, 0.717) is 43.4 Å². The molecule has 17 atom stereocenters. The highest BCUT2D eigenvalue weighted by molar-refractivity contribution is 5.78. The molecule has 6 aliphatic heterocycles. The lowest BCUT2D eigenvalue weighted by molar-refractivity contribution is -0.300. The van der Waals surface area contributed by atoms with Gasteiger partial charge in [-0.15, -0.1) is 0 Å². The lowest BCUT2D eigenvalue weighted by Gasteiger charge is -2.48. The summed E-state index contributed by atoms with van der Waals surface area (Å²) in [6.07, 6.45) is 14.1. The molecule has 0 saturated carbocycles. The highest BCUT2D eigenvalue weighted by atomic mass is 16.7. The number of ether oxygens (including phenoxy) is 9. The van der Waals surface area contributed by atoms with E-state index in [-0.39, 0.29) is 61.2 Å². The van der Waals surface area contributed by atoms with Crippen LogP contribution in [0, 0.1) is 23.7 Å². The van der Waals surface area contributed by atoms with Crippen molar-refractivity contribution in [2.24, 2.45) is 23.7 Å². The van der Waals surface area contributed by atoms with Gasteiger partial charge in [0.05, 0.1) is 37.1 Å². The zero-order valence-corrected chi connectivity index (χ0v) is 35.7. The first-order valence-corrected chi connectivity index (χ1v) is 21.9. The summed E-state index contributed by atoms with van der Waals surface area (Å²) in [6.45, 7) is 15.2. The van der Waals surface area contributed by atoms with E-state index >= 15 is 0 Å². The zero-order valence-electron chi connectivity index (χ0n) is 35.7. The van der Waals surface area contributed by atoms with Crippen LogP contribution in [0.4, 0.5) is 0 Å². The molecule has 324 valence electrons. The van der Waals surface area contributed by atoms with E-state index in [1.807, 2.05) is 25.2 Å². The summed E-state index contributed by atoms with van der Waals surface area (Å²) in [5.41, 5.74) is 0.235. The van der Waals surface area contributed by atoms with Crippen molar-refractivity contribution >= 4 is 5.97 Å². The van der Waals surface area contributed by atoms with E-state index in [4.69, 9.17) is 42.6 Å². The predicted octanol–water partition coefficient (Wildman–Crippen LogP) is 6.39. The van der Waals surface area contributed by atoms with Crippen molar-refractivity contribution < 1.29 is 57.6 Å². The average molecular weight is 813 g/mol. The van der Waals surface area contributed by atoms with Crippen LogP contribution in [0.5, 0.6) is 0 Å². The lowest BCUT2D eigenvalue weighted by Crippen LogP contribution is -2.58. The molecule has 1 spiro atoms. The molecule has 7 aliphatic rings. The molecule has 2 bridgehead atoms. The maximum Gasteiger partial charge on any atom is 0.316 e. The molecule has 0 aromatic carbocycles. The van der Waals surface area contributed by atoms with E-state index < -0.39 is 54.0 Å². The van der Waals surface area contributed by atoms with Crippen LogP contribution in [0.2, 0.25) is 0 Å². The summed E-state index contributed by atoms with van der Waals surface area (Å²) in [5, 5.41) is 23.7. The van der Waals surface area contributed by atoms with Crippen LogP contribution < -0.4 is 0 Å². The number of aliphatic hydroxyl groups excluding tert-OH is 1. The van der Waals surface area contributed by atoms with Crippen LogP contribution >= 0.6 is 0 Å². The van der Waals surface area contributed by atoms with Crippen LogP contribution in [-0.2, 0) is 47.4 Å². The molecular formula is C46H68O12. The van der Waals surface area contributed by atoms with E-state index in [1.54, 1.807) is 26.2 Å². The van der Waals surface area contributed by atoms with Gasteiger partial charge in [-0.25, -0.2) is 0 Å². The van der Waals surface area contributed by atoms with Gasteiger partial charge in [-0.1, -0.05) is 70.6 Å². The topological polar surface area (TPSA) is 141 Å². The third-order valence-electron chi connectivity index (χ3n) is 13.7. The summed E-state index contributed by atoms with van der Waals surface area (Å²) in [6, 6.07) is 0. The minimum absolute atomic E-state index is 0.0539. The molecule has 12 nitrogen and oxygen atoms in total. The Hall–Kier alpha value is -2.23. The number of esters is 1. The Labute approximate surface area is 344 Å². The Morgan fingerprint density at radius 3 is 2.53 bits per heavy atom. The van der Waals surface area contributed by atoms with Crippen LogP contribution in [0.25, 0.3) is 0 Å². The third kappa shape index (κ3) is 9.03. The van der Waals surface area contributed by atoms with E-state index in [0.717, 1.165) is 31.3 Å². The van der Waals surface area contributed by atoms with Crippen molar-refractivity contribution in [3.63, 3.8) is 0 Å². The Balaban J connectivity index is 1.21. The minimum atomic E-state index is -1.81. The second-order valence-electron chi connectivity index (χ2n) is 18.0. The first kappa shape index (κ1) is 43.8. The molecule has 4 fully saturated rings. The zero-order chi connectivity index (χ0) is 41.4. The number of aliphatic hydroxyl groups is 2. The maximum atomic E-state index is 14.3. The highest BCUT2D eigenvalue weighted by Crippen LogP contribution is 2.47. The second kappa shape index (κ2) is 18.4. The first-order chi connectivity index (χ1) is 27.7. The third-order valence-corrected chi connectivity index (χ3v) is 13.7. The Bertz CT molecular complexity index is 1600. The van der Waals surface area contributed by atoms with Crippen molar-refractivity contribution in [1.82, 2.24) is 0 Å². The van der Waals surface area contributed by atoms with E-state index in [1.165, 1.54) is 0 Å². The number of carbonyl (C=O) groups is 1. The fourth-order valence-corrected chi connectivity index (χ4v) is 10.0. The number of hydrogen-bond acceptors (Lipinski definition) is 12. The lowest BCUT2D eigenvalue weighted by atomic mass is 9.71. The van der Waals surface area contributed by atoms with Crippen molar-refractivity contribution in [1.29, 1.82) is 0 Å². The molecule has 0 amide bonds. The maximum absolute atomic E-state index is 14.3. The Morgan fingerprint density at radius 2 is 1.79 bits per heavy atom. The van der Waals surface area contributed by atoms with Gasteiger partial charge in [-0.3, -0.25) is 4.79 Å². The molecule has 0 radical (unpaired) electrons. The standard InChI is InChI=1S/C46H68O12/c1-9-26(2)41-29(5)18-19-45(58-41)24-34-22-33(57-45)17-16-28(4)40(56-38-23-36(50-8)42(31(7)53-38)55-37-15-10-11-20-51-37)27(3)13-12-14-32-25-52-43-39(47)30(6)21-35(44(48)54-34)46(32,43)49/h12-14,16,18-19,21,26-27,29,31,33-43,47,49H,9-11,15,17,20,22-25H2,1-8H3/b13-12+,28-16+,32-14+/t26?,27?,29-,31-,33+,34-,35-,36-,37?,38?,39+,40-,41+,42+,43+,45+,46+/m0/s1. The van der Waals surface area contributed by atoms with Gasteiger partial charge in [0.25, 0.3) is 0 Å². The summed E-state index contributed by atoms with van der Waals surface area (Å²) < 4.78 is 57.9. The monoisotopic (exact) mass is 812 g/mol. The van der Waals surface area contributed by atoms with Crippen LogP contribution in [0.1, 0.15) is 99.8 Å². The van der Waals surface area contributed by atoms with Crippen LogP contribution in [0.3, 0.4) is 0 Å². The minimum Gasteiger partial charge on any atom is -0.462 e. The molecule has 0 aromatic heterocycles. The molecule has 58 heavy (non-hydrogen) atoms. The molecule has 1 aliphatic carbocycles. The predicted molar refractivity (Wildman–Crippen MR) is 215 cm³/mol. The van der Waals surface area contributed by atoms with Gasteiger partial charge in [0, 0.05) is 44.8 Å². The molecule has 0 aromatic rings. The summed E-state index contributed by atoms with van der Waals surface area (Å²) in [4.78, 5) is 14.3. The van der Waals surface area contributed by atoms with Gasteiger partial charge >= 0.3 is 5.97 Å². The number of hydrogen-bond donors (Lipinski definition) is 2. The number of rotatable bonds is 7. The van der Waals surface area contributed by atoms with Gasteiger partial charge in [-0.05, 0) is 75.2 Å². The van der Waals surface area contributed by atoms with E-state index in [9.17, 15) is 15.0 Å². The van der Waals surface area contributed by atoms with Gasteiger partial charge in [0.15, 0.2) is 18.4 Å². The fourth-order valence-electron chi connectivity index (χ4n) is 10.0. The van der Waals surface area contributed by atoms with E-state index in [2.05, 4.69) is 46.8 Å². The average Bonchev–Trinajstić information content (AvgIpc) is 3.55. The first-order valence-electron chi connectivity index (χ1n) is 21.9. The van der Waals surface area contributed by atoms with Crippen molar-refractivity contribution in [3.05, 3.63) is 59.3 Å². The number of methoxy groups -OCH3 is 1. The van der Waals surface area contributed by atoms with Crippen molar-refractivity contribution in [2.75, 3.05) is 20.3 Å². The van der Waals surface area contributed by atoms with Crippen LogP contribution in [0.15, 0.2) is 59.3 Å². The molecular weight excluding hydrogens is 744 g/mol. The number of fused-ring (bicyclic) bond motifs is 2. The molecule has 2 N–H and O–H groups in total. The summed E-state index contributed by atoms with van der Waals surface area (Å²) in [7, 11) is 1.70. The largest absolute Gasteiger partial charge is 0.462 e. The highest BCUT2D eigenvalue weighted by Gasteiger charge is 2.60. The van der Waals surface area contributed by atoms with Crippen molar-refractivity contribution in [2.45, 2.75) is 179 Å². The fraction of sp³-hybridized carbons (Fsp3) is 0.761. The Kier molecular flexibility index (Phi) is 13.9. The molecule has 4 unspecified atom stereocenters.